The number of para-hydroxylation sites is 1. The van der Waals surface area contributed by atoms with Crippen molar-refractivity contribution in [3.63, 3.8) is 0 Å². The van der Waals surface area contributed by atoms with Crippen molar-refractivity contribution < 1.29 is 24.2 Å². The normalized spacial score (nSPS) is 13.4. The number of alkyl carbamates (subject to hydrolysis) is 1. The molecule has 0 aliphatic heterocycles. The number of phenols is 1. The van der Waals surface area contributed by atoms with Gasteiger partial charge in [0.15, 0.2) is 0 Å². The van der Waals surface area contributed by atoms with E-state index in [1.165, 1.54) is 11.0 Å². The van der Waals surface area contributed by atoms with E-state index in [4.69, 9.17) is 4.74 Å². The molecule has 2 rings (SSSR count). The largest absolute Gasteiger partial charge is 0.508 e. The summed E-state index contributed by atoms with van der Waals surface area (Å²) in [5, 5.41) is 16.5. The van der Waals surface area contributed by atoms with Gasteiger partial charge in [-0.25, -0.2) is 4.79 Å². The Hall–Kier alpha value is -3.55. The van der Waals surface area contributed by atoms with Crippen LogP contribution in [-0.2, 0) is 20.9 Å². The molecule has 2 unspecified atom stereocenters. The minimum absolute atomic E-state index is 0.0657. The monoisotopic (exact) mass is 539 g/mol. The molecule has 0 fully saturated rings. The van der Waals surface area contributed by atoms with Gasteiger partial charge in [-0.15, -0.1) is 0 Å². The highest BCUT2D eigenvalue weighted by atomic mass is 16.6. The molecular formula is C31H45N3O5. The fraction of sp³-hybridized carbons (Fsp3) is 0.516. The highest BCUT2D eigenvalue weighted by Gasteiger charge is 2.44. The Kier molecular flexibility index (Phi) is 11.0. The first kappa shape index (κ1) is 31.7. The third-order valence-electron chi connectivity index (χ3n) is 6.50. The molecule has 2 aromatic carbocycles. The molecule has 0 aliphatic rings. The van der Waals surface area contributed by atoms with Crippen molar-refractivity contribution in [3.8, 4) is 5.75 Å². The first-order valence-electron chi connectivity index (χ1n) is 13.6. The number of carbonyl (C=O) groups is 3. The second-order valence-corrected chi connectivity index (χ2v) is 11.9. The van der Waals surface area contributed by atoms with Crippen LogP contribution in [0.3, 0.4) is 0 Å². The molecule has 0 aliphatic carbocycles. The number of nitrogens with zero attached hydrogens (tertiary/aromatic N) is 1. The van der Waals surface area contributed by atoms with E-state index in [0.29, 0.717) is 18.4 Å². The lowest BCUT2D eigenvalue weighted by Crippen LogP contribution is -2.59. The highest BCUT2D eigenvalue weighted by molar-refractivity contribution is 5.93. The van der Waals surface area contributed by atoms with E-state index in [2.05, 4.69) is 10.6 Å². The van der Waals surface area contributed by atoms with Crippen LogP contribution in [0.2, 0.25) is 0 Å². The lowest BCUT2D eigenvalue weighted by atomic mass is 9.90. The zero-order chi connectivity index (χ0) is 29.4. The smallest absolute Gasteiger partial charge is 0.408 e. The summed E-state index contributed by atoms with van der Waals surface area (Å²) >= 11 is 0. The maximum atomic E-state index is 14.4. The number of nitrogens with one attached hydrogen (secondary N) is 2. The molecule has 2 aromatic rings. The minimum Gasteiger partial charge on any atom is -0.508 e. The number of aromatic hydroxyl groups is 1. The van der Waals surface area contributed by atoms with Crippen LogP contribution in [0.15, 0.2) is 54.6 Å². The maximum Gasteiger partial charge on any atom is 0.408 e. The molecule has 0 radical (unpaired) electrons. The van der Waals surface area contributed by atoms with E-state index in [0.717, 1.165) is 5.56 Å². The molecule has 0 heterocycles. The Bertz CT molecular complexity index is 1110. The number of benzene rings is 2. The van der Waals surface area contributed by atoms with E-state index in [-0.39, 0.29) is 18.2 Å². The number of ether oxygens (including phenoxy) is 1. The van der Waals surface area contributed by atoms with Gasteiger partial charge in [-0.05, 0) is 65.0 Å². The van der Waals surface area contributed by atoms with Gasteiger partial charge in [0.25, 0.3) is 0 Å². The Morgan fingerprint density at radius 2 is 1.54 bits per heavy atom. The molecule has 2 atom stereocenters. The summed E-state index contributed by atoms with van der Waals surface area (Å²) in [6.07, 6.45) is 0.159. The van der Waals surface area contributed by atoms with Gasteiger partial charge in [0.2, 0.25) is 11.8 Å². The van der Waals surface area contributed by atoms with E-state index in [1.54, 1.807) is 39.0 Å². The van der Waals surface area contributed by atoms with E-state index >= 15 is 0 Å². The van der Waals surface area contributed by atoms with Crippen LogP contribution in [0, 0.1) is 5.92 Å². The van der Waals surface area contributed by atoms with Crippen molar-refractivity contribution in [3.05, 3.63) is 65.7 Å². The van der Waals surface area contributed by atoms with Crippen molar-refractivity contribution >= 4 is 17.9 Å². The van der Waals surface area contributed by atoms with Crippen molar-refractivity contribution in [2.75, 3.05) is 0 Å². The van der Waals surface area contributed by atoms with Gasteiger partial charge < -0.3 is 25.4 Å². The van der Waals surface area contributed by atoms with Crippen LogP contribution in [0.5, 0.6) is 5.75 Å². The molecule has 3 N–H and O–H groups in total. The van der Waals surface area contributed by atoms with Crippen LogP contribution < -0.4 is 10.6 Å². The molecule has 8 nitrogen and oxygen atoms in total. The highest BCUT2D eigenvalue weighted by Crippen LogP contribution is 2.36. The van der Waals surface area contributed by atoms with Crippen LogP contribution in [-0.4, -0.2) is 45.1 Å². The number of rotatable bonds is 11. The van der Waals surface area contributed by atoms with Crippen molar-refractivity contribution in [2.45, 2.75) is 98.0 Å². The molecule has 214 valence electrons. The van der Waals surface area contributed by atoms with Crippen molar-refractivity contribution in [2.24, 2.45) is 5.92 Å². The summed E-state index contributed by atoms with van der Waals surface area (Å²) < 4.78 is 5.45. The SMILES string of the molecule is CCC(C)(C)N(C(=O)C(CC(C)C)NC(=O)OC(C)(C)C)C(C(=O)NCc1ccccc1)c1ccccc1O. The quantitative estimate of drug-likeness (QED) is 0.339. The first-order chi connectivity index (χ1) is 18.2. The summed E-state index contributed by atoms with van der Waals surface area (Å²) in [5.74, 6) is -0.890. The van der Waals surface area contributed by atoms with Gasteiger partial charge >= 0.3 is 6.09 Å². The molecule has 0 spiro atoms. The molecule has 39 heavy (non-hydrogen) atoms. The van der Waals surface area contributed by atoms with Crippen LogP contribution in [0.25, 0.3) is 0 Å². The zero-order valence-corrected chi connectivity index (χ0v) is 24.6. The van der Waals surface area contributed by atoms with E-state index in [1.807, 2.05) is 65.0 Å². The molecule has 8 heteroatoms. The van der Waals surface area contributed by atoms with E-state index in [9.17, 15) is 19.5 Å². The fourth-order valence-electron chi connectivity index (χ4n) is 4.25. The molecule has 3 amide bonds. The number of carbonyl (C=O) groups excluding carboxylic acids is 3. The number of hydrogen-bond acceptors (Lipinski definition) is 5. The first-order valence-corrected chi connectivity index (χ1v) is 13.6. The summed E-state index contributed by atoms with van der Waals surface area (Å²) in [6, 6.07) is 13.9. The van der Waals surface area contributed by atoms with Crippen LogP contribution in [0.1, 0.15) is 85.4 Å². The van der Waals surface area contributed by atoms with Gasteiger partial charge in [-0.1, -0.05) is 69.3 Å². The lowest BCUT2D eigenvalue weighted by molar-refractivity contribution is -0.149. The Labute approximate surface area is 233 Å². The van der Waals surface area contributed by atoms with Gasteiger partial charge in [0.1, 0.15) is 23.4 Å². The number of amides is 3. The fourth-order valence-corrected chi connectivity index (χ4v) is 4.25. The average Bonchev–Trinajstić information content (AvgIpc) is 2.84. The maximum absolute atomic E-state index is 14.4. The number of phenolic OH excluding ortho intramolecular Hbond substituents is 1. The van der Waals surface area contributed by atoms with E-state index < -0.39 is 41.1 Å². The Morgan fingerprint density at radius 3 is 2.08 bits per heavy atom. The van der Waals surface area contributed by atoms with Crippen LogP contribution >= 0.6 is 0 Å². The molecule has 0 saturated carbocycles. The summed E-state index contributed by atoms with van der Waals surface area (Å²) in [5.41, 5.74) is -0.343. The zero-order valence-electron chi connectivity index (χ0n) is 24.6. The molecule has 0 aromatic heterocycles. The second kappa shape index (κ2) is 13.5. The molecule has 0 saturated heterocycles. The topological polar surface area (TPSA) is 108 Å². The average molecular weight is 540 g/mol. The second-order valence-electron chi connectivity index (χ2n) is 11.9. The minimum atomic E-state index is -1.15. The van der Waals surface area contributed by atoms with Gasteiger partial charge in [0.05, 0.1) is 0 Å². The standard InChI is InChI=1S/C31H45N3O5/c1-9-31(7,8)34(28(37)24(19-21(2)3)33-29(38)39-30(4,5)6)26(23-17-13-14-18-25(23)35)27(36)32-20-22-15-11-10-12-16-22/h10-18,21,24,26,35H,9,19-20H2,1-8H3,(H,32,36)(H,33,38). The van der Waals surface area contributed by atoms with Crippen molar-refractivity contribution in [1.82, 2.24) is 15.5 Å². The molecular weight excluding hydrogens is 494 g/mol. The lowest BCUT2D eigenvalue weighted by Gasteiger charge is -2.44. The Balaban J connectivity index is 2.58. The van der Waals surface area contributed by atoms with Crippen LogP contribution in [0.4, 0.5) is 4.79 Å². The predicted octanol–water partition coefficient (Wildman–Crippen LogP) is 5.71. The Morgan fingerprint density at radius 1 is 0.949 bits per heavy atom. The predicted molar refractivity (Wildman–Crippen MR) is 153 cm³/mol. The third-order valence-corrected chi connectivity index (χ3v) is 6.50. The van der Waals surface area contributed by atoms with Crippen molar-refractivity contribution in [1.29, 1.82) is 0 Å². The van der Waals surface area contributed by atoms with Gasteiger partial charge in [0, 0.05) is 17.6 Å². The number of hydrogen-bond donors (Lipinski definition) is 3. The third kappa shape index (κ3) is 9.30. The molecule has 0 bridgehead atoms. The summed E-state index contributed by atoms with van der Waals surface area (Å²) in [6.45, 7) is 15.1. The summed E-state index contributed by atoms with van der Waals surface area (Å²) in [4.78, 5) is 42.6. The van der Waals surface area contributed by atoms with Gasteiger partial charge in [-0.3, -0.25) is 9.59 Å². The van der Waals surface area contributed by atoms with Gasteiger partial charge in [-0.2, -0.15) is 0 Å². The summed E-state index contributed by atoms with van der Waals surface area (Å²) in [7, 11) is 0.